The van der Waals surface area contributed by atoms with Crippen LogP contribution in [0.4, 0.5) is 0 Å². The van der Waals surface area contributed by atoms with Gasteiger partial charge in [-0.25, -0.2) is 8.42 Å². The second-order valence-corrected chi connectivity index (χ2v) is 7.19. The normalized spacial score (nSPS) is 19.9. The van der Waals surface area contributed by atoms with Crippen LogP contribution < -0.4 is 5.32 Å². The number of nitrogens with zero attached hydrogens (tertiary/aromatic N) is 1. The minimum atomic E-state index is -3.22. The largest absolute Gasteiger partial charge is 0.337 e. The predicted molar refractivity (Wildman–Crippen MR) is 77.5 cm³/mol. The smallest absolute Gasteiger partial charge is 0.253 e. The van der Waals surface area contributed by atoms with Gasteiger partial charge in [-0.1, -0.05) is 0 Å². The van der Waals surface area contributed by atoms with Crippen LogP contribution in [0.25, 0.3) is 0 Å². The SMILES string of the molecule is CNC1CCCN(C(=O)c2ccc(S(C)(=O)=O)cc2)C1. The third-order valence-corrected chi connectivity index (χ3v) is 4.77. The van der Waals surface area contributed by atoms with Crippen LogP contribution in [0.5, 0.6) is 0 Å². The lowest BCUT2D eigenvalue weighted by molar-refractivity contribution is 0.0698. The minimum absolute atomic E-state index is 0.0370. The Bertz CT molecular complexity index is 581. The van der Waals surface area contributed by atoms with Crippen molar-refractivity contribution in [2.75, 3.05) is 26.4 Å². The average Bonchev–Trinajstić information content (AvgIpc) is 2.46. The van der Waals surface area contributed by atoms with Crippen LogP contribution in [0.1, 0.15) is 23.2 Å². The van der Waals surface area contributed by atoms with Crippen LogP contribution >= 0.6 is 0 Å². The van der Waals surface area contributed by atoms with Gasteiger partial charge in [0.05, 0.1) is 4.90 Å². The van der Waals surface area contributed by atoms with Crippen LogP contribution in [0, 0.1) is 0 Å². The number of likely N-dealkylation sites (tertiary alicyclic amines) is 1. The molecule has 1 aromatic rings. The molecule has 1 aliphatic heterocycles. The van der Waals surface area contributed by atoms with E-state index in [0.717, 1.165) is 25.6 Å². The van der Waals surface area contributed by atoms with E-state index in [9.17, 15) is 13.2 Å². The van der Waals surface area contributed by atoms with E-state index in [1.54, 1.807) is 12.1 Å². The number of piperidine rings is 1. The highest BCUT2D eigenvalue weighted by atomic mass is 32.2. The number of nitrogens with one attached hydrogen (secondary N) is 1. The first-order valence-electron chi connectivity index (χ1n) is 6.68. The molecular formula is C14H20N2O3S. The molecule has 1 unspecified atom stereocenters. The van der Waals surface area contributed by atoms with Crippen molar-refractivity contribution in [3.05, 3.63) is 29.8 Å². The Morgan fingerprint density at radius 2 is 1.95 bits per heavy atom. The Balaban J connectivity index is 2.13. The van der Waals surface area contributed by atoms with E-state index in [4.69, 9.17) is 0 Å². The van der Waals surface area contributed by atoms with Gasteiger partial charge in [0.2, 0.25) is 0 Å². The summed E-state index contributed by atoms with van der Waals surface area (Å²) in [6.07, 6.45) is 3.22. The molecule has 2 rings (SSSR count). The molecule has 0 radical (unpaired) electrons. The summed E-state index contributed by atoms with van der Waals surface area (Å²) in [4.78, 5) is 14.4. The molecule has 110 valence electrons. The summed E-state index contributed by atoms with van der Waals surface area (Å²) < 4.78 is 22.8. The van der Waals surface area contributed by atoms with E-state index in [1.807, 2.05) is 11.9 Å². The molecule has 1 saturated heterocycles. The molecule has 6 heteroatoms. The summed E-state index contributed by atoms with van der Waals surface area (Å²) in [5.41, 5.74) is 0.536. The van der Waals surface area contributed by atoms with Crippen molar-refractivity contribution in [2.45, 2.75) is 23.8 Å². The molecule has 0 spiro atoms. The molecule has 0 bridgehead atoms. The van der Waals surface area contributed by atoms with Crippen molar-refractivity contribution < 1.29 is 13.2 Å². The fourth-order valence-electron chi connectivity index (χ4n) is 2.42. The summed E-state index contributed by atoms with van der Waals surface area (Å²) in [6, 6.07) is 6.48. The average molecular weight is 296 g/mol. The zero-order valence-electron chi connectivity index (χ0n) is 11.8. The highest BCUT2D eigenvalue weighted by Crippen LogP contribution is 2.16. The van der Waals surface area contributed by atoms with Crippen LogP contribution in [-0.4, -0.2) is 51.7 Å². The first-order chi connectivity index (χ1) is 9.41. The topological polar surface area (TPSA) is 66.5 Å². The summed E-state index contributed by atoms with van der Waals surface area (Å²) in [5.74, 6) is -0.0370. The van der Waals surface area contributed by atoms with E-state index in [1.165, 1.54) is 12.1 Å². The summed E-state index contributed by atoms with van der Waals surface area (Å²) in [5, 5.41) is 3.20. The number of likely N-dealkylation sites (N-methyl/N-ethyl adjacent to an activating group) is 1. The molecule has 1 fully saturated rings. The van der Waals surface area contributed by atoms with Gasteiger partial charge in [-0.15, -0.1) is 0 Å². The van der Waals surface area contributed by atoms with E-state index in [0.29, 0.717) is 18.2 Å². The molecule has 1 aliphatic rings. The maximum atomic E-state index is 12.4. The van der Waals surface area contributed by atoms with Crippen molar-refractivity contribution in [1.29, 1.82) is 0 Å². The number of hydrogen-bond donors (Lipinski definition) is 1. The van der Waals surface area contributed by atoms with Crippen molar-refractivity contribution in [2.24, 2.45) is 0 Å². The molecule has 20 heavy (non-hydrogen) atoms. The Morgan fingerprint density at radius 1 is 1.30 bits per heavy atom. The Labute approximate surface area is 119 Å². The number of carbonyl (C=O) groups is 1. The lowest BCUT2D eigenvalue weighted by atomic mass is 10.0. The molecule has 5 nitrogen and oxygen atoms in total. The monoisotopic (exact) mass is 296 g/mol. The van der Waals surface area contributed by atoms with Crippen LogP contribution in [0.2, 0.25) is 0 Å². The Morgan fingerprint density at radius 3 is 2.50 bits per heavy atom. The van der Waals surface area contributed by atoms with Crippen molar-refractivity contribution in [3.63, 3.8) is 0 Å². The first kappa shape index (κ1) is 15.0. The molecule has 1 heterocycles. The van der Waals surface area contributed by atoms with Gasteiger partial charge in [0.15, 0.2) is 9.84 Å². The number of rotatable bonds is 3. The maximum absolute atomic E-state index is 12.4. The zero-order chi connectivity index (χ0) is 14.8. The highest BCUT2D eigenvalue weighted by Gasteiger charge is 2.23. The second kappa shape index (κ2) is 5.93. The quantitative estimate of drug-likeness (QED) is 0.900. The molecule has 0 saturated carbocycles. The number of hydrogen-bond acceptors (Lipinski definition) is 4. The molecule has 1 atom stereocenters. The maximum Gasteiger partial charge on any atom is 0.253 e. The van der Waals surface area contributed by atoms with E-state index in [2.05, 4.69) is 5.32 Å². The second-order valence-electron chi connectivity index (χ2n) is 5.18. The Hall–Kier alpha value is -1.40. The third kappa shape index (κ3) is 3.37. The van der Waals surface area contributed by atoms with Crippen LogP contribution in [-0.2, 0) is 9.84 Å². The zero-order valence-corrected chi connectivity index (χ0v) is 12.6. The summed E-state index contributed by atoms with van der Waals surface area (Å²) >= 11 is 0. The highest BCUT2D eigenvalue weighted by molar-refractivity contribution is 7.90. The molecule has 1 amide bonds. The standard InChI is InChI=1S/C14H20N2O3S/c1-15-12-4-3-9-16(10-12)14(17)11-5-7-13(8-6-11)20(2,18)19/h5-8,12,15H,3-4,9-10H2,1-2H3. The van der Waals surface area contributed by atoms with Gasteiger partial charge in [-0.05, 0) is 44.2 Å². The van der Waals surface area contributed by atoms with Gasteiger partial charge in [0, 0.05) is 31.0 Å². The Kier molecular flexibility index (Phi) is 4.45. The third-order valence-electron chi connectivity index (χ3n) is 3.65. The summed E-state index contributed by atoms with van der Waals surface area (Å²) in [6.45, 7) is 1.45. The first-order valence-corrected chi connectivity index (χ1v) is 8.57. The predicted octanol–water partition coefficient (Wildman–Crippen LogP) is 0.914. The van der Waals surface area contributed by atoms with Crippen molar-refractivity contribution in [1.82, 2.24) is 10.2 Å². The fraction of sp³-hybridized carbons (Fsp3) is 0.500. The van der Waals surface area contributed by atoms with Gasteiger partial charge in [-0.3, -0.25) is 4.79 Å². The van der Waals surface area contributed by atoms with E-state index in [-0.39, 0.29) is 10.8 Å². The van der Waals surface area contributed by atoms with Gasteiger partial charge < -0.3 is 10.2 Å². The molecule has 0 aromatic heterocycles. The fourth-order valence-corrected chi connectivity index (χ4v) is 3.05. The minimum Gasteiger partial charge on any atom is -0.337 e. The molecule has 1 aromatic carbocycles. The van der Waals surface area contributed by atoms with E-state index < -0.39 is 9.84 Å². The lowest BCUT2D eigenvalue weighted by Crippen LogP contribution is -2.46. The van der Waals surface area contributed by atoms with Gasteiger partial charge in [0.1, 0.15) is 0 Å². The summed E-state index contributed by atoms with van der Waals surface area (Å²) in [7, 11) is -1.32. The van der Waals surface area contributed by atoms with E-state index >= 15 is 0 Å². The van der Waals surface area contributed by atoms with Crippen LogP contribution in [0.3, 0.4) is 0 Å². The number of carbonyl (C=O) groups excluding carboxylic acids is 1. The number of amides is 1. The van der Waals surface area contributed by atoms with Crippen LogP contribution in [0.15, 0.2) is 29.2 Å². The number of benzene rings is 1. The van der Waals surface area contributed by atoms with Gasteiger partial charge >= 0.3 is 0 Å². The molecule has 1 N–H and O–H groups in total. The molecule has 0 aliphatic carbocycles. The van der Waals surface area contributed by atoms with Gasteiger partial charge in [-0.2, -0.15) is 0 Å². The van der Waals surface area contributed by atoms with Crippen molar-refractivity contribution >= 4 is 15.7 Å². The van der Waals surface area contributed by atoms with Gasteiger partial charge in [0.25, 0.3) is 5.91 Å². The lowest BCUT2D eigenvalue weighted by Gasteiger charge is -2.32. The molecular weight excluding hydrogens is 276 g/mol. The number of sulfone groups is 1. The van der Waals surface area contributed by atoms with Crippen molar-refractivity contribution in [3.8, 4) is 0 Å².